The van der Waals surface area contributed by atoms with Crippen LogP contribution in [0.15, 0.2) is 72.8 Å². The SMILES string of the molecule is COC(=O)/C=C/c1cc2c(c(OC)c1)OC(c1ccc(OC(=O)/C=C/c3ccc(O)cc3)cc1)C2. The summed E-state index contributed by atoms with van der Waals surface area (Å²) in [6.07, 6.45) is 6.37. The first kappa shape index (κ1) is 23.6. The van der Waals surface area contributed by atoms with Crippen LogP contribution in [-0.4, -0.2) is 31.3 Å². The Hall–Kier alpha value is -4.52. The van der Waals surface area contributed by atoms with Crippen molar-refractivity contribution in [3.8, 4) is 23.0 Å². The molecule has 178 valence electrons. The lowest BCUT2D eigenvalue weighted by Crippen LogP contribution is -2.05. The highest BCUT2D eigenvalue weighted by Gasteiger charge is 2.28. The lowest BCUT2D eigenvalue weighted by Gasteiger charge is -2.13. The summed E-state index contributed by atoms with van der Waals surface area (Å²) < 4.78 is 21.7. The van der Waals surface area contributed by atoms with Crippen molar-refractivity contribution >= 4 is 24.1 Å². The van der Waals surface area contributed by atoms with E-state index in [0.29, 0.717) is 23.7 Å². The summed E-state index contributed by atoms with van der Waals surface area (Å²) in [5, 5.41) is 9.32. The highest BCUT2D eigenvalue weighted by Crippen LogP contribution is 2.44. The molecule has 0 amide bonds. The molecule has 0 aromatic heterocycles. The van der Waals surface area contributed by atoms with Crippen LogP contribution in [0.1, 0.15) is 28.4 Å². The molecule has 3 aromatic rings. The third-order valence-corrected chi connectivity index (χ3v) is 5.43. The van der Waals surface area contributed by atoms with Crippen molar-refractivity contribution in [3.05, 3.63) is 95.1 Å². The van der Waals surface area contributed by atoms with Gasteiger partial charge < -0.3 is 24.1 Å². The summed E-state index contributed by atoms with van der Waals surface area (Å²) in [6.45, 7) is 0. The number of fused-ring (bicyclic) bond motifs is 1. The maximum Gasteiger partial charge on any atom is 0.336 e. The van der Waals surface area contributed by atoms with E-state index in [1.807, 2.05) is 18.2 Å². The molecule has 1 atom stereocenters. The molecule has 3 aromatic carbocycles. The van der Waals surface area contributed by atoms with E-state index < -0.39 is 11.9 Å². The second-order valence-corrected chi connectivity index (χ2v) is 7.79. The van der Waals surface area contributed by atoms with Gasteiger partial charge in [0.1, 0.15) is 17.6 Å². The second kappa shape index (κ2) is 10.6. The fraction of sp³-hybridized carbons (Fsp3) is 0.143. The van der Waals surface area contributed by atoms with Gasteiger partial charge in [-0.05, 0) is 65.2 Å². The van der Waals surface area contributed by atoms with Crippen molar-refractivity contribution in [1.29, 1.82) is 0 Å². The third kappa shape index (κ3) is 5.89. The highest BCUT2D eigenvalue weighted by atomic mass is 16.5. The van der Waals surface area contributed by atoms with Crippen LogP contribution >= 0.6 is 0 Å². The van der Waals surface area contributed by atoms with E-state index in [0.717, 1.165) is 22.3 Å². The molecule has 0 saturated heterocycles. The quantitative estimate of drug-likeness (QED) is 0.298. The maximum absolute atomic E-state index is 12.1. The Morgan fingerprint density at radius 1 is 0.914 bits per heavy atom. The number of carbonyl (C=O) groups is 2. The minimum absolute atomic E-state index is 0.161. The van der Waals surface area contributed by atoms with Gasteiger partial charge in [-0.3, -0.25) is 0 Å². The Bertz CT molecular complexity index is 1270. The van der Waals surface area contributed by atoms with Gasteiger partial charge in [-0.15, -0.1) is 0 Å². The number of phenolic OH excluding ortho intramolecular Hbond substituents is 1. The monoisotopic (exact) mass is 472 g/mol. The molecule has 1 N–H and O–H groups in total. The highest BCUT2D eigenvalue weighted by molar-refractivity contribution is 5.88. The molecule has 7 nitrogen and oxygen atoms in total. The van der Waals surface area contributed by atoms with Crippen LogP contribution in [0.5, 0.6) is 23.0 Å². The summed E-state index contributed by atoms with van der Waals surface area (Å²) in [5.41, 5.74) is 3.47. The second-order valence-electron chi connectivity index (χ2n) is 7.79. The van der Waals surface area contributed by atoms with E-state index >= 15 is 0 Å². The molecular formula is C28H24O7. The van der Waals surface area contributed by atoms with Crippen molar-refractivity contribution in [3.63, 3.8) is 0 Å². The number of aromatic hydroxyl groups is 1. The van der Waals surface area contributed by atoms with Gasteiger partial charge >= 0.3 is 11.9 Å². The van der Waals surface area contributed by atoms with Gasteiger partial charge in [0.05, 0.1) is 14.2 Å². The minimum atomic E-state index is -0.507. The molecular weight excluding hydrogens is 448 g/mol. The Morgan fingerprint density at radius 2 is 1.60 bits per heavy atom. The van der Waals surface area contributed by atoms with Crippen LogP contribution < -0.4 is 14.2 Å². The Labute approximate surface area is 202 Å². The van der Waals surface area contributed by atoms with Crippen molar-refractivity contribution in [2.24, 2.45) is 0 Å². The summed E-state index contributed by atoms with van der Waals surface area (Å²) in [7, 11) is 2.90. The molecule has 7 heteroatoms. The lowest BCUT2D eigenvalue weighted by molar-refractivity contribution is -0.134. The molecule has 0 spiro atoms. The van der Waals surface area contributed by atoms with Crippen LogP contribution in [-0.2, 0) is 20.7 Å². The van der Waals surface area contributed by atoms with Crippen LogP contribution in [0, 0.1) is 0 Å². The zero-order chi connectivity index (χ0) is 24.8. The molecule has 1 unspecified atom stereocenters. The Balaban J connectivity index is 1.41. The largest absolute Gasteiger partial charge is 0.508 e. The van der Waals surface area contributed by atoms with E-state index in [2.05, 4.69) is 4.74 Å². The fourth-order valence-corrected chi connectivity index (χ4v) is 3.67. The molecule has 0 bridgehead atoms. The van der Waals surface area contributed by atoms with Crippen LogP contribution in [0.4, 0.5) is 0 Å². The lowest BCUT2D eigenvalue weighted by atomic mass is 10.0. The topological polar surface area (TPSA) is 91.3 Å². The molecule has 35 heavy (non-hydrogen) atoms. The summed E-state index contributed by atoms with van der Waals surface area (Å²) in [6, 6.07) is 17.4. The number of hydrogen-bond donors (Lipinski definition) is 1. The Morgan fingerprint density at radius 3 is 2.29 bits per heavy atom. The standard InChI is InChI=1S/C28H24O7/c1-32-25-16-19(6-13-26(30)33-2)15-21-17-24(35-28(21)25)20-7-11-23(12-8-20)34-27(31)14-5-18-3-9-22(29)10-4-18/h3-16,24,29H,17H2,1-2H3/b13-6+,14-5+. The van der Waals surface area contributed by atoms with Crippen molar-refractivity contribution in [2.45, 2.75) is 12.5 Å². The molecule has 1 aliphatic rings. The van der Waals surface area contributed by atoms with E-state index in [1.54, 1.807) is 61.7 Å². The average molecular weight is 472 g/mol. The van der Waals surface area contributed by atoms with E-state index in [9.17, 15) is 14.7 Å². The predicted octanol–water partition coefficient (Wildman–Crippen LogP) is 4.88. The molecule has 4 rings (SSSR count). The molecule has 0 radical (unpaired) electrons. The van der Waals surface area contributed by atoms with Crippen LogP contribution in [0.25, 0.3) is 12.2 Å². The van der Waals surface area contributed by atoms with Crippen molar-refractivity contribution < 1.29 is 33.6 Å². The number of phenols is 1. The average Bonchev–Trinajstić information content (AvgIpc) is 3.31. The molecule has 1 aliphatic heterocycles. The first-order valence-corrected chi connectivity index (χ1v) is 10.9. The predicted molar refractivity (Wildman–Crippen MR) is 130 cm³/mol. The summed E-state index contributed by atoms with van der Waals surface area (Å²) in [5.74, 6) is 0.886. The zero-order valence-electron chi connectivity index (χ0n) is 19.3. The van der Waals surface area contributed by atoms with Gasteiger partial charge in [0.25, 0.3) is 0 Å². The number of methoxy groups -OCH3 is 2. The number of benzene rings is 3. The van der Waals surface area contributed by atoms with Crippen molar-refractivity contribution in [1.82, 2.24) is 0 Å². The fourth-order valence-electron chi connectivity index (χ4n) is 3.67. The van der Waals surface area contributed by atoms with Crippen LogP contribution in [0.2, 0.25) is 0 Å². The summed E-state index contributed by atoms with van der Waals surface area (Å²) >= 11 is 0. The van der Waals surface area contributed by atoms with Gasteiger partial charge in [0.15, 0.2) is 11.5 Å². The van der Waals surface area contributed by atoms with Gasteiger partial charge in [0.2, 0.25) is 0 Å². The molecule has 0 aliphatic carbocycles. The van der Waals surface area contributed by atoms with Gasteiger partial charge in [0, 0.05) is 24.1 Å². The Kier molecular flexibility index (Phi) is 7.16. The maximum atomic E-state index is 12.1. The van der Waals surface area contributed by atoms with E-state index in [1.165, 1.54) is 19.3 Å². The van der Waals surface area contributed by atoms with Gasteiger partial charge in [-0.1, -0.05) is 24.3 Å². The molecule has 0 saturated carbocycles. The number of hydrogen-bond acceptors (Lipinski definition) is 7. The van der Waals surface area contributed by atoms with Crippen molar-refractivity contribution in [2.75, 3.05) is 14.2 Å². The normalized spacial score (nSPS) is 14.5. The summed E-state index contributed by atoms with van der Waals surface area (Å²) in [4.78, 5) is 23.5. The minimum Gasteiger partial charge on any atom is -0.508 e. The van der Waals surface area contributed by atoms with Gasteiger partial charge in [-0.25, -0.2) is 9.59 Å². The van der Waals surface area contributed by atoms with E-state index in [4.69, 9.17) is 14.2 Å². The first-order valence-electron chi connectivity index (χ1n) is 10.9. The zero-order valence-corrected chi connectivity index (χ0v) is 19.3. The van der Waals surface area contributed by atoms with Gasteiger partial charge in [-0.2, -0.15) is 0 Å². The smallest absolute Gasteiger partial charge is 0.336 e. The first-order chi connectivity index (χ1) is 16.9. The number of ether oxygens (including phenoxy) is 4. The molecule has 0 fully saturated rings. The molecule has 1 heterocycles. The van der Waals surface area contributed by atoms with E-state index in [-0.39, 0.29) is 11.9 Å². The number of carbonyl (C=O) groups excluding carboxylic acids is 2. The third-order valence-electron chi connectivity index (χ3n) is 5.43. The number of rotatable bonds is 7. The van der Waals surface area contributed by atoms with Crippen LogP contribution in [0.3, 0.4) is 0 Å². The number of esters is 2.